The van der Waals surface area contributed by atoms with Crippen LogP contribution in [-0.4, -0.2) is 70.6 Å². The molecule has 3 amide bonds. The van der Waals surface area contributed by atoms with E-state index in [0.29, 0.717) is 32.2 Å². The molecule has 13 nitrogen and oxygen atoms in total. The number of methoxy groups -OCH3 is 1. The van der Waals surface area contributed by atoms with Crippen molar-refractivity contribution in [1.29, 1.82) is 0 Å². The van der Waals surface area contributed by atoms with Gasteiger partial charge in [0.25, 0.3) is 0 Å². The first-order valence-corrected chi connectivity index (χ1v) is 18.5. The largest absolute Gasteiger partial charge is 0.467 e. The lowest BCUT2D eigenvalue weighted by atomic mass is 10.0. The van der Waals surface area contributed by atoms with Gasteiger partial charge in [0.2, 0.25) is 21.8 Å². The average Bonchev–Trinajstić information content (AvgIpc) is 3.13. The summed E-state index contributed by atoms with van der Waals surface area (Å²) in [5, 5.41) is 8.12. The van der Waals surface area contributed by atoms with E-state index in [4.69, 9.17) is 15.2 Å². The summed E-state index contributed by atoms with van der Waals surface area (Å²) >= 11 is 0. The number of nitrogens with one attached hydrogen (secondary N) is 4. The van der Waals surface area contributed by atoms with Crippen molar-refractivity contribution in [2.24, 2.45) is 5.73 Å². The molecule has 0 aliphatic heterocycles. The SMILES string of the molecule is COC(=O)[C@H](CCCCNC(=O)OCc1ccccc1)NC(=O)[C@H](Cc1ccccc1)NC(=O)[C@H](N)CCCCNS(=O)(=O)c1ccc(C)cc1.Cl. The van der Waals surface area contributed by atoms with E-state index in [-0.39, 0.29) is 49.7 Å². The minimum absolute atomic E-state index is 0. The van der Waals surface area contributed by atoms with Gasteiger partial charge in [0.1, 0.15) is 18.7 Å². The molecule has 3 rings (SSSR count). The molecule has 52 heavy (non-hydrogen) atoms. The molecule has 0 spiro atoms. The molecule has 0 aliphatic carbocycles. The molecular formula is C37H50ClN5O8S. The maximum atomic E-state index is 13.5. The number of benzene rings is 3. The highest BCUT2D eigenvalue weighted by atomic mass is 35.5. The number of carbonyl (C=O) groups excluding carboxylic acids is 4. The van der Waals surface area contributed by atoms with Gasteiger partial charge in [0, 0.05) is 19.5 Å². The molecule has 0 saturated carbocycles. The molecule has 3 aromatic carbocycles. The van der Waals surface area contributed by atoms with Crippen LogP contribution in [0.1, 0.15) is 55.2 Å². The van der Waals surface area contributed by atoms with Crippen LogP contribution in [0.15, 0.2) is 89.8 Å². The summed E-state index contributed by atoms with van der Waals surface area (Å²) in [6.45, 7) is 2.50. The zero-order chi connectivity index (χ0) is 37.1. The Bertz CT molecular complexity index is 1650. The normalized spacial score (nSPS) is 12.7. The molecule has 284 valence electrons. The fourth-order valence-electron chi connectivity index (χ4n) is 5.07. The molecular weight excluding hydrogens is 710 g/mol. The van der Waals surface area contributed by atoms with Crippen molar-refractivity contribution in [3.63, 3.8) is 0 Å². The Morgan fingerprint density at radius 3 is 1.94 bits per heavy atom. The van der Waals surface area contributed by atoms with Crippen LogP contribution < -0.4 is 26.4 Å². The van der Waals surface area contributed by atoms with E-state index in [2.05, 4.69) is 20.7 Å². The Kier molecular flexibility index (Phi) is 19.4. The quantitative estimate of drug-likeness (QED) is 0.0796. The maximum absolute atomic E-state index is 13.5. The molecule has 0 fully saturated rings. The number of rotatable bonds is 21. The van der Waals surface area contributed by atoms with Gasteiger partial charge in [-0.05, 0) is 62.3 Å². The molecule has 6 N–H and O–H groups in total. The van der Waals surface area contributed by atoms with Crippen molar-refractivity contribution >= 4 is 46.3 Å². The smallest absolute Gasteiger partial charge is 0.407 e. The fraction of sp³-hybridized carbons (Fsp3) is 0.405. The van der Waals surface area contributed by atoms with E-state index in [1.165, 1.54) is 7.11 Å². The highest BCUT2D eigenvalue weighted by molar-refractivity contribution is 7.89. The van der Waals surface area contributed by atoms with Gasteiger partial charge in [0.05, 0.1) is 18.0 Å². The van der Waals surface area contributed by atoms with E-state index in [1.54, 1.807) is 24.3 Å². The predicted octanol–water partition coefficient (Wildman–Crippen LogP) is 3.67. The van der Waals surface area contributed by atoms with E-state index in [9.17, 15) is 27.6 Å². The zero-order valence-corrected chi connectivity index (χ0v) is 31.2. The van der Waals surface area contributed by atoms with Crippen LogP contribution >= 0.6 is 12.4 Å². The lowest BCUT2D eigenvalue weighted by Crippen LogP contribution is -2.55. The number of hydrogen-bond donors (Lipinski definition) is 5. The molecule has 0 saturated heterocycles. The van der Waals surface area contributed by atoms with Crippen LogP contribution in [0, 0.1) is 6.92 Å². The molecule has 0 unspecified atom stereocenters. The lowest BCUT2D eigenvalue weighted by molar-refractivity contribution is -0.145. The van der Waals surface area contributed by atoms with Gasteiger partial charge in [0.15, 0.2) is 0 Å². The number of sulfonamides is 1. The second-order valence-electron chi connectivity index (χ2n) is 12.1. The number of alkyl carbamates (subject to hydrolysis) is 1. The number of esters is 1. The molecule has 0 heterocycles. The van der Waals surface area contributed by atoms with Crippen LogP contribution in [0.4, 0.5) is 4.79 Å². The highest BCUT2D eigenvalue weighted by Crippen LogP contribution is 2.11. The Balaban J connectivity index is 0.00000936. The van der Waals surface area contributed by atoms with Crippen molar-refractivity contribution in [1.82, 2.24) is 20.7 Å². The summed E-state index contributed by atoms with van der Waals surface area (Å²) in [6, 6.07) is 21.9. The van der Waals surface area contributed by atoms with Crippen molar-refractivity contribution in [2.75, 3.05) is 20.2 Å². The predicted molar refractivity (Wildman–Crippen MR) is 200 cm³/mol. The highest BCUT2D eigenvalue weighted by Gasteiger charge is 2.28. The number of aryl methyl sites for hydroxylation is 1. The average molecular weight is 760 g/mol. The van der Waals surface area contributed by atoms with Crippen LogP contribution in [-0.2, 0) is 46.9 Å². The molecule has 3 aromatic rings. The van der Waals surface area contributed by atoms with Gasteiger partial charge < -0.3 is 31.2 Å². The van der Waals surface area contributed by atoms with E-state index >= 15 is 0 Å². The first-order chi connectivity index (χ1) is 24.5. The summed E-state index contributed by atoms with van der Waals surface area (Å²) < 4.78 is 37.7. The molecule has 15 heteroatoms. The van der Waals surface area contributed by atoms with Crippen molar-refractivity contribution < 1.29 is 37.1 Å². The van der Waals surface area contributed by atoms with Crippen molar-refractivity contribution in [3.8, 4) is 0 Å². The number of ether oxygens (including phenoxy) is 2. The molecule has 0 aromatic heterocycles. The van der Waals surface area contributed by atoms with E-state index < -0.39 is 52.0 Å². The Hall–Kier alpha value is -4.50. The zero-order valence-electron chi connectivity index (χ0n) is 29.5. The minimum atomic E-state index is -3.65. The topological polar surface area (TPSA) is 195 Å². The number of hydrogen-bond acceptors (Lipinski definition) is 9. The molecule has 0 radical (unpaired) electrons. The Morgan fingerprint density at radius 1 is 0.731 bits per heavy atom. The summed E-state index contributed by atoms with van der Waals surface area (Å²) in [7, 11) is -2.43. The Morgan fingerprint density at radius 2 is 1.31 bits per heavy atom. The molecule has 3 atom stereocenters. The first kappa shape index (κ1) is 43.7. The van der Waals surface area contributed by atoms with Crippen molar-refractivity contribution in [2.45, 2.75) is 81.5 Å². The van der Waals surface area contributed by atoms with Gasteiger partial charge >= 0.3 is 12.1 Å². The minimum Gasteiger partial charge on any atom is -0.467 e. The second-order valence-corrected chi connectivity index (χ2v) is 13.9. The van der Waals surface area contributed by atoms with Crippen LogP contribution in [0.2, 0.25) is 0 Å². The van der Waals surface area contributed by atoms with Gasteiger partial charge in [-0.3, -0.25) is 9.59 Å². The fourth-order valence-corrected chi connectivity index (χ4v) is 6.14. The number of carbonyl (C=O) groups is 4. The van der Waals surface area contributed by atoms with Gasteiger partial charge in [-0.25, -0.2) is 22.7 Å². The van der Waals surface area contributed by atoms with E-state index in [1.807, 2.05) is 67.6 Å². The third kappa shape index (κ3) is 15.8. The lowest BCUT2D eigenvalue weighted by Gasteiger charge is -2.24. The van der Waals surface area contributed by atoms with Crippen molar-refractivity contribution in [3.05, 3.63) is 102 Å². The van der Waals surface area contributed by atoms with Crippen LogP contribution in [0.3, 0.4) is 0 Å². The maximum Gasteiger partial charge on any atom is 0.407 e. The third-order valence-corrected chi connectivity index (χ3v) is 9.50. The number of amides is 3. The summed E-state index contributed by atoms with van der Waals surface area (Å²) in [5.41, 5.74) is 8.77. The van der Waals surface area contributed by atoms with Gasteiger partial charge in [-0.2, -0.15) is 0 Å². The monoisotopic (exact) mass is 759 g/mol. The second kappa shape index (κ2) is 23.1. The van der Waals surface area contributed by atoms with Gasteiger partial charge in [-0.1, -0.05) is 84.8 Å². The summed E-state index contributed by atoms with van der Waals surface area (Å²) in [6.07, 6.45) is 1.98. The van der Waals surface area contributed by atoms with Crippen LogP contribution in [0.5, 0.6) is 0 Å². The van der Waals surface area contributed by atoms with Gasteiger partial charge in [-0.15, -0.1) is 12.4 Å². The van der Waals surface area contributed by atoms with Crippen LogP contribution in [0.25, 0.3) is 0 Å². The summed E-state index contributed by atoms with van der Waals surface area (Å²) in [5.74, 6) is -1.77. The standard InChI is InChI=1S/C37H49N5O8S.ClH/c1-27-19-21-30(22-20-27)51(47,48)40-24-12-9-17-31(38)34(43)42-33(25-28-13-5-3-6-14-28)35(44)41-32(36(45)49-2)18-10-11-23-39-37(46)50-26-29-15-7-4-8-16-29;/h3-8,13-16,19-22,31-33,40H,9-12,17-18,23-26,38H2,1-2H3,(H,39,46)(H,41,44)(H,42,43);1H/t31-,32+,33+;/m1./s1. The third-order valence-electron chi connectivity index (χ3n) is 8.02. The number of halogens is 1. The Labute approximate surface area is 312 Å². The number of unbranched alkanes of at least 4 members (excludes halogenated alkanes) is 2. The number of nitrogens with two attached hydrogens (primary N) is 1. The van der Waals surface area contributed by atoms with E-state index in [0.717, 1.165) is 16.7 Å². The molecule has 0 aliphatic rings. The molecule has 0 bridgehead atoms. The first-order valence-electron chi connectivity index (χ1n) is 17.0. The summed E-state index contributed by atoms with van der Waals surface area (Å²) in [4.78, 5) is 51.4.